The van der Waals surface area contributed by atoms with E-state index in [2.05, 4.69) is 10.6 Å². The Labute approximate surface area is 322 Å². The lowest BCUT2D eigenvalue weighted by Gasteiger charge is -2.34. The number of piperidine rings is 2. The van der Waals surface area contributed by atoms with Crippen molar-refractivity contribution < 1.29 is 47.7 Å². The first-order valence-electron chi connectivity index (χ1n) is 19.6. The molecule has 2 aromatic carbocycles. The van der Waals surface area contributed by atoms with Gasteiger partial charge in [-0.3, -0.25) is 19.2 Å². The number of carbonyl (C=O) groups is 6. The van der Waals surface area contributed by atoms with Gasteiger partial charge in [0.05, 0.1) is 12.3 Å². The standard InChI is InChI=1S/C41H54N4O10/c1-29(54-41(51)55-34-17-9-4-10-18-34)53-37(47)26-35(42-38(48)32-14-7-3-8-15-32)43-39(49)33-16-11-23-45(27-33)36(46)20-19-30-21-24-44(25-22-30)40(50)52-28-31-12-5-2-6-13-31/h2-3,5-8,12-15,29-30,33-35H,4,9-11,16-28H2,1H3,(H,42,48)(H,43,49)/t29?,33-,35-/m1/s1. The quantitative estimate of drug-likeness (QED) is 0.139. The van der Waals surface area contributed by atoms with Crippen LogP contribution in [0.2, 0.25) is 0 Å². The van der Waals surface area contributed by atoms with E-state index in [1.165, 1.54) is 6.92 Å². The molecule has 5 rings (SSSR count). The zero-order valence-electron chi connectivity index (χ0n) is 31.7. The summed E-state index contributed by atoms with van der Waals surface area (Å²) in [6, 6.07) is 17.9. The van der Waals surface area contributed by atoms with E-state index < -0.39 is 48.7 Å². The highest BCUT2D eigenvalue weighted by molar-refractivity contribution is 5.95. The summed E-state index contributed by atoms with van der Waals surface area (Å²) in [4.78, 5) is 81.1. The Hall–Kier alpha value is -5.14. The summed E-state index contributed by atoms with van der Waals surface area (Å²) >= 11 is 0. The van der Waals surface area contributed by atoms with Crippen LogP contribution < -0.4 is 10.6 Å². The Morgan fingerprint density at radius 3 is 2.16 bits per heavy atom. The van der Waals surface area contributed by atoms with Gasteiger partial charge in [-0.25, -0.2) is 9.59 Å². The number of benzene rings is 2. The molecule has 3 fully saturated rings. The summed E-state index contributed by atoms with van der Waals surface area (Å²) in [7, 11) is 0. The normalized spacial score (nSPS) is 19.0. The smallest absolute Gasteiger partial charge is 0.445 e. The Balaban J connectivity index is 1.07. The van der Waals surface area contributed by atoms with Crippen molar-refractivity contribution in [3.05, 3.63) is 71.8 Å². The van der Waals surface area contributed by atoms with Crippen molar-refractivity contribution >= 4 is 35.9 Å². The van der Waals surface area contributed by atoms with Gasteiger partial charge in [0, 0.05) is 45.1 Å². The molecule has 298 valence electrons. The van der Waals surface area contributed by atoms with Crippen LogP contribution in [0.5, 0.6) is 0 Å². The average Bonchev–Trinajstić information content (AvgIpc) is 3.20. The molecule has 14 nitrogen and oxygen atoms in total. The molecule has 1 aliphatic carbocycles. The molecule has 2 aromatic rings. The zero-order valence-corrected chi connectivity index (χ0v) is 31.7. The summed E-state index contributed by atoms with van der Waals surface area (Å²) in [6.07, 6.45) is 4.01. The predicted molar refractivity (Wildman–Crippen MR) is 200 cm³/mol. The van der Waals surface area contributed by atoms with Crippen molar-refractivity contribution in [2.45, 2.75) is 109 Å². The molecule has 55 heavy (non-hydrogen) atoms. The molecule has 0 spiro atoms. The van der Waals surface area contributed by atoms with Crippen molar-refractivity contribution in [1.82, 2.24) is 20.4 Å². The van der Waals surface area contributed by atoms with Crippen molar-refractivity contribution in [2.75, 3.05) is 26.2 Å². The molecular weight excluding hydrogens is 708 g/mol. The van der Waals surface area contributed by atoms with Crippen LogP contribution in [-0.2, 0) is 39.9 Å². The molecule has 3 aliphatic rings. The molecule has 0 bridgehead atoms. The third kappa shape index (κ3) is 13.6. The number of hydrogen-bond acceptors (Lipinski definition) is 10. The van der Waals surface area contributed by atoms with E-state index in [0.29, 0.717) is 56.8 Å². The monoisotopic (exact) mass is 762 g/mol. The fraction of sp³-hybridized carbons (Fsp3) is 0.561. The number of esters is 1. The summed E-state index contributed by atoms with van der Waals surface area (Å²) in [5, 5.41) is 5.48. The number of ether oxygens (including phenoxy) is 4. The molecule has 1 unspecified atom stereocenters. The van der Waals surface area contributed by atoms with Gasteiger partial charge < -0.3 is 39.4 Å². The first kappa shape index (κ1) is 41.0. The van der Waals surface area contributed by atoms with Gasteiger partial charge in [0.25, 0.3) is 5.91 Å². The minimum Gasteiger partial charge on any atom is -0.445 e. The summed E-state index contributed by atoms with van der Waals surface area (Å²) in [5.41, 5.74) is 1.27. The Bertz CT molecular complexity index is 1580. The van der Waals surface area contributed by atoms with Crippen LogP contribution in [0.1, 0.15) is 99.9 Å². The van der Waals surface area contributed by atoms with E-state index >= 15 is 0 Å². The number of hydrogen-bond donors (Lipinski definition) is 2. The van der Waals surface area contributed by atoms with E-state index in [1.807, 2.05) is 30.3 Å². The van der Waals surface area contributed by atoms with Gasteiger partial charge in [-0.15, -0.1) is 0 Å². The fourth-order valence-corrected chi connectivity index (χ4v) is 7.28. The minimum absolute atomic E-state index is 0.0318. The number of nitrogens with one attached hydrogen (secondary N) is 2. The van der Waals surface area contributed by atoms with Gasteiger partial charge in [0.15, 0.2) is 0 Å². The first-order valence-corrected chi connectivity index (χ1v) is 19.6. The van der Waals surface area contributed by atoms with E-state index in [1.54, 1.807) is 40.1 Å². The average molecular weight is 763 g/mol. The van der Waals surface area contributed by atoms with Gasteiger partial charge >= 0.3 is 18.2 Å². The molecule has 2 heterocycles. The summed E-state index contributed by atoms with van der Waals surface area (Å²) in [6.45, 7) is 3.52. The second-order valence-electron chi connectivity index (χ2n) is 14.6. The Morgan fingerprint density at radius 2 is 1.45 bits per heavy atom. The van der Waals surface area contributed by atoms with Crippen LogP contribution in [0, 0.1) is 11.8 Å². The van der Waals surface area contributed by atoms with E-state index in [0.717, 1.165) is 50.5 Å². The number of rotatable bonds is 14. The molecule has 0 radical (unpaired) electrons. The topological polar surface area (TPSA) is 170 Å². The molecule has 14 heteroatoms. The molecular formula is C41H54N4O10. The number of carbonyl (C=O) groups excluding carboxylic acids is 6. The van der Waals surface area contributed by atoms with Crippen LogP contribution in [0.4, 0.5) is 9.59 Å². The lowest BCUT2D eigenvalue weighted by molar-refractivity contribution is -0.169. The molecule has 2 saturated heterocycles. The third-order valence-electron chi connectivity index (χ3n) is 10.4. The molecule has 2 N–H and O–H groups in total. The lowest BCUT2D eigenvalue weighted by atomic mass is 9.91. The van der Waals surface area contributed by atoms with Gasteiger partial charge in [-0.05, 0) is 81.4 Å². The van der Waals surface area contributed by atoms with Crippen LogP contribution in [0.3, 0.4) is 0 Å². The molecule has 3 atom stereocenters. The minimum atomic E-state index is -1.25. The summed E-state index contributed by atoms with van der Waals surface area (Å²) in [5.74, 6) is -2.00. The van der Waals surface area contributed by atoms with Crippen molar-refractivity contribution in [3.8, 4) is 0 Å². The highest BCUT2D eigenvalue weighted by Gasteiger charge is 2.32. The van der Waals surface area contributed by atoms with Crippen LogP contribution in [-0.4, -0.2) is 90.5 Å². The number of likely N-dealkylation sites (tertiary alicyclic amines) is 2. The number of nitrogens with zero attached hydrogens (tertiary/aromatic N) is 2. The zero-order chi connectivity index (χ0) is 39.0. The van der Waals surface area contributed by atoms with Gasteiger partial charge in [-0.2, -0.15) is 0 Å². The maximum atomic E-state index is 13.6. The second-order valence-corrected chi connectivity index (χ2v) is 14.6. The van der Waals surface area contributed by atoms with Crippen LogP contribution >= 0.6 is 0 Å². The SMILES string of the molecule is CC(OC(=O)C[C@H](NC(=O)c1ccccc1)NC(=O)[C@@H]1CCCN(C(=O)CCC2CCN(C(=O)OCc3ccccc3)CC2)C1)OC(=O)OC1CCCCC1. The van der Waals surface area contributed by atoms with Crippen molar-refractivity contribution in [1.29, 1.82) is 0 Å². The number of amides is 4. The third-order valence-corrected chi connectivity index (χ3v) is 10.4. The van der Waals surface area contributed by atoms with E-state index in [4.69, 9.17) is 18.9 Å². The maximum absolute atomic E-state index is 13.6. The predicted octanol–water partition coefficient (Wildman–Crippen LogP) is 5.69. The van der Waals surface area contributed by atoms with Crippen molar-refractivity contribution in [2.24, 2.45) is 11.8 Å². The molecule has 4 amide bonds. The largest absolute Gasteiger partial charge is 0.511 e. The maximum Gasteiger partial charge on any atom is 0.511 e. The first-order chi connectivity index (χ1) is 26.6. The highest BCUT2D eigenvalue weighted by Crippen LogP contribution is 2.25. The van der Waals surface area contributed by atoms with Crippen molar-refractivity contribution in [3.63, 3.8) is 0 Å². The van der Waals surface area contributed by atoms with Gasteiger partial charge in [-0.1, -0.05) is 55.0 Å². The van der Waals surface area contributed by atoms with Crippen LogP contribution in [0.15, 0.2) is 60.7 Å². The lowest BCUT2D eigenvalue weighted by Crippen LogP contribution is -2.53. The van der Waals surface area contributed by atoms with E-state index in [-0.39, 0.29) is 31.3 Å². The molecule has 2 aliphatic heterocycles. The fourth-order valence-electron chi connectivity index (χ4n) is 7.28. The summed E-state index contributed by atoms with van der Waals surface area (Å²) < 4.78 is 21.2. The van der Waals surface area contributed by atoms with Gasteiger partial charge in [0.1, 0.15) is 18.9 Å². The van der Waals surface area contributed by atoms with Crippen LogP contribution in [0.25, 0.3) is 0 Å². The highest BCUT2D eigenvalue weighted by atomic mass is 16.8. The Morgan fingerprint density at radius 1 is 0.764 bits per heavy atom. The molecule has 0 aromatic heterocycles. The second kappa shape index (κ2) is 21.1. The Kier molecular flexibility index (Phi) is 15.7. The van der Waals surface area contributed by atoms with Gasteiger partial charge in [0.2, 0.25) is 18.1 Å². The molecule has 1 saturated carbocycles. The van der Waals surface area contributed by atoms with E-state index in [9.17, 15) is 28.8 Å².